The van der Waals surface area contributed by atoms with Gasteiger partial charge in [-0.15, -0.1) is 23.1 Å². The summed E-state index contributed by atoms with van der Waals surface area (Å²) in [5.74, 6) is -1.88. The summed E-state index contributed by atoms with van der Waals surface area (Å²) in [6, 6.07) is -0.902. The van der Waals surface area contributed by atoms with Crippen LogP contribution < -0.4 is 20.5 Å². The van der Waals surface area contributed by atoms with Crippen molar-refractivity contribution < 1.29 is 28.9 Å². The molecule has 0 saturated carbocycles. The van der Waals surface area contributed by atoms with Gasteiger partial charge in [-0.3, -0.25) is 19.4 Å². The highest BCUT2D eigenvalue weighted by atomic mass is 32.2. The van der Waals surface area contributed by atoms with E-state index in [0.717, 1.165) is 29.3 Å². The number of nitrogens with one attached hydrogen (secondary N) is 1. The lowest BCUT2D eigenvalue weighted by molar-refractivity contribution is -0.662. The quantitative estimate of drug-likeness (QED) is 0.178. The molecule has 12 nitrogen and oxygen atoms in total. The van der Waals surface area contributed by atoms with Gasteiger partial charge in [0.2, 0.25) is 0 Å². The van der Waals surface area contributed by atoms with Gasteiger partial charge >= 0.3 is 11.1 Å². The molecule has 0 spiro atoms. The van der Waals surface area contributed by atoms with Crippen molar-refractivity contribution in [3.8, 4) is 0 Å². The van der Waals surface area contributed by atoms with Crippen LogP contribution in [0.5, 0.6) is 0 Å². The van der Waals surface area contributed by atoms with E-state index in [0.29, 0.717) is 17.9 Å². The van der Waals surface area contributed by atoms with Crippen molar-refractivity contribution in [2.24, 2.45) is 12.2 Å². The van der Waals surface area contributed by atoms with Crippen LogP contribution in [0.1, 0.15) is 29.1 Å². The molecule has 2 atom stereocenters. The van der Waals surface area contributed by atoms with E-state index in [1.807, 2.05) is 7.05 Å². The molecule has 4 heterocycles. The third-order valence-electron chi connectivity index (χ3n) is 6.75. The minimum Gasteiger partial charge on any atom is -0.477 e. The highest BCUT2D eigenvalue weighted by Crippen LogP contribution is 2.41. The first-order valence-corrected chi connectivity index (χ1v) is 14.7. The Balaban J connectivity index is 1.33. The SMILES string of the molecule is CO/N=C(/C(=O)NC1C(=O)N2C(C(=O)O)=C(CN(C)c3sc4c([n+]3C)CCCC4)CS[C@H]12)c1csc(N)n1. The van der Waals surface area contributed by atoms with E-state index in [9.17, 15) is 19.5 Å². The van der Waals surface area contributed by atoms with Crippen LogP contribution in [0.4, 0.5) is 10.3 Å². The number of nitrogens with zero attached hydrogens (tertiary/aromatic N) is 5. The summed E-state index contributed by atoms with van der Waals surface area (Å²) < 4.78 is 2.20. The molecule has 2 amide bonds. The average Bonchev–Trinajstić information content (AvgIpc) is 3.48. The molecular weight excluding hydrogens is 550 g/mol. The Labute approximate surface area is 231 Å². The second-order valence-electron chi connectivity index (χ2n) is 9.19. The molecule has 0 bridgehead atoms. The number of nitrogen functional groups attached to an aromatic ring is 1. The fourth-order valence-electron chi connectivity index (χ4n) is 5.02. The van der Waals surface area contributed by atoms with Crippen molar-refractivity contribution in [1.82, 2.24) is 15.2 Å². The fraction of sp³-hybridized carbons (Fsp3) is 0.478. The van der Waals surface area contributed by atoms with Gasteiger partial charge in [-0.25, -0.2) is 14.3 Å². The molecule has 1 saturated heterocycles. The van der Waals surface area contributed by atoms with Gasteiger partial charge < -0.3 is 21.0 Å². The van der Waals surface area contributed by atoms with Crippen LogP contribution in [0.3, 0.4) is 0 Å². The zero-order valence-electron chi connectivity index (χ0n) is 21.1. The van der Waals surface area contributed by atoms with Crippen molar-refractivity contribution in [2.75, 3.05) is 37.1 Å². The standard InChI is InChI=1S/C23H27N7O5S3/c1-28(23-29(2)13-6-4-5-7-14(13)38-23)8-11-9-36-20-16(19(32)30(20)17(11)21(33)34)26-18(31)15(27-35-3)12-10-37-22(24)25-12/h10,16,20H,4-9H2,1-3H3,(H3-,24,25,26,31,33,34)/p+1/b27-15+/t16?,20-/m1/s1. The number of carbonyl (C=O) groups excluding carboxylic acids is 2. The maximum Gasteiger partial charge on any atom is 0.352 e. The predicted molar refractivity (Wildman–Crippen MR) is 145 cm³/mol. The van der Waals surface area contributed by atoms with Crippen LogP contribution in [0.15, 0.2) is 21.8 Å². The maximum absolute atomic E-state index is 13.1. The van der Waals surface area contributed by atoms with Crippen molar-refractivity contribution in [3.63, 3.8) is 0 Å². The average molecular weight is 579 g/mol. The van der Waals surface area contributed by atoms with Gasteiger partial charge in [0.1, 0.15) is 42.2 Å². The number of thioether (sulfide) groups is 1. The summed E-state index contributed by atoms with van der Waals surface area (Å²) in [5.41, 5.74) is 7.78. The first-order valence-electron chi connectivity index (χ1n) is 12.0. The number of rotatable bonds is 8. The van der Waals surface area contributed by atoms with Crippen LogP contribution in [0.2, 0.25) is 0 Å². The number of aromatic nitrogens is 2. The third-order valence-corrected chi connectivity index (χ3v) is 10.2. The molecule has 1 aliphatic carbocycles. The Morgan fingerprint density at radius 3 is 2.82 bits per heavy atom. The van der Waals surface area contributed by atoms with E-state index in [2.05, 4.69) is 32.0 Å². The number of hydrogen-bond donors (Lipinski definition) is 3. The number of carboxylic acids is 1. The lowest BCUT2D eigenvalue weighted by Crippen LogP contribution is -2.71. The number of aryl methyl sites for hydroxylation is 1. The van der Waals surface area contributed by atoms with Gasteiger partial charge in [0, 0.05) is 23.1 Å². The van der Waals surface area contributed by atoms with Crippen molar-refractivity contribution >= 4 is 68.2 Å². The molecular formula is C23H28N7O5S3+. The summed E-state index contributed by atoms with van der Waals surface area (Å²) >= 11 is 4.32. The summed E-state index contributed by atoms with van der Waals surface area (Å²) in [6.45, 7) is 0.380. The van der Waals surface area contributed by atoms with E-state index < -0.39 is 29.2 Å². The molecule has 0 radical (unpaired) electrons. The van der Waals surface area contributed by atoms with E-state index in [-0.39, 0.29) is 22.2 Å². The smallest absolute Gasteiger partial charge is 0.352 e. The number of likely N-dealkylation sites (N-methyl/N-ethyl adjacent to an activating group) is 1. The number of anilines is 2. The lowest BCUT2D eigenvalue weighted by atomic mass is 10.0. The summed E-state index contributed by atoms with van der Waals surface area (Å²) in [5, 5.41) is 18.8. The Morgan fingerprint density at radius 2 is 2.16 bits per heavy atom. The number of carbonyl (C=O) groups is 3. The van der Waals surface area contributed by atoms with Gasteiger partial charge in [0.05, 0.1) is 19.0 Å². The molecule has 5 rings (SSSR count). The molecule has 38 heavy (non-hydrogen) atoms. The number of β-lactam (4-membered cyclic amide) rings is 1. The Bertz CT molecular complexity index is 1370. The Hall–Kier alpha value is -3.17. The Morgan fingerprint density at radius 1 is 1.39 bits per heavy atom. The number of thiazole rings is 2. The zero-order chi connectivity index (χ0) is 27.1. The second-order valence-corrected chi connectivity index (χ2v) is 12.2. The molecule has 2 aromatic rings. The molecule has 2 aliphatic heterocycles. The highest BCUT2D eigenvalue weighted by molar-refractivity contribution is 8.00. The fourth-order valence-corrected chi connectivity index (χ4v) is 8.19. The third kappa shape index (κ3) is 4.62. The molecule has 4 N–H and O–H groups in total. The molecule has 1 fully saturated rings. The van der Waals surface area contributed by atoms with Gasteiger partial charge in [-0.2, -0.15) is 0 Å². The van der Waals surface area contributed by atoms with E-state index in [1.165, 1.54) is 47.2 Å². The van der Waals surface area contributed by atoms with Crippen LogP contribution in [-0.4, -0.2) is 76.4 Å². The number of nitrogens with two attached hydrogens (primary N) is 1. The first-order chi connectivity index (χ1) is 18.2. The minimum atomic E-state index is -1.16. The first kappa shape index (κ1) is 26.4. The molecule has 0 aromatic carbocycles. The molecule has 15 heteroatoms. The minimum absolute atomic E-state index is 0.0156. The molecule has 3 aliphatic rings. The van der Waals surface area contributed by atoms with Crippen LogP contribution in [0, 0.1) is 0 Å². The second kappa shape index (κ2) is 10.5. The molecule has 202 valence electrons. The summed E-state index contributed by atoms with van der Waals surface area (Å²) in [7, 11) is 5.30. The Kier molecular flexibility index (Phi) is 7.33. The van der Waals surface area contributed by atoms with Crippen LogP contribution in [0.25, 0.3) is 0 Å². The van der Waals surface area contributed by atoms with Gasteiger partial charge in [0.25, 0.3) is 11.8 Å². The molecule has 1 unspecified atom stereocenters. The number of oxime groups is 1. The zero-order valence-corrected chi connectivity index (χ0v) is 23.5. The number of fused-ring (bicyclic) bond motifs is 2. The largest absolute Gasteiger partial charge is 0.477 e. The number of amides is 2. The van der Waals surface area contributed by atoms with Gasteiger partial charge in [-0.05, 0) is 19.3 Å². The maximum atomic E-state index is 13.1. The monoisotopic (exact) mass is 578 g/mol. The number of aliphatic carboxylic acids is 1. The lowest BCUT2D eigenvalue weighted by Gasteiger charge is -2.49. The highest BCUT2D eigenvalue weighted by Gasteiger charge is 2.54. The van der Waals surface area contributed by atoms with Gasteiger partial charge in [0.15, 0.2) is 10.8 Å². The summed E-state index contributed by atoms with van der Waals surface area (Å²) in [6.07, 6.45) is 4.50. The summed E-state index contributed by atoms with van der Waals surface area (Å²) in [4.78, 5) is 52.0. The van der Waals surface area contributed by atoms with Crippen molar-refractivity contribution in [1.29, 1.82) is 0 Å². The topological polar surface area (TPSA) is 154 Å². The number of carboxylic acid groups (broad SMARTS) is 1. The molecule has 2 aromatic heterocycles. The van der Waals surface area contributed by atoms with Crippen molar-refractivity contribution in [3.05, 3.63) is 32.9 Å². The van der Waals surface area contributed by atoms with Crippen molar-refractivity contribution in [2.45, 2.75) is 37.1 Å². The number of hydrogen-bond acceptors (Lipinski definition) is 11. The van der Waals surface area contributed by atoms with E-state index in [1.54, 1.807) is 16.7 Å². The van der Waals surface area contributed by atoms with E-state index >= 15 is 0 Å². The normalized spacial score (nSPS) is 21.0. The van der Waals surface area contributed by atoms with Crippen LogP contribution >= 0.6 is 34.4 Å². The van der Waals surface area contributed by atoms with Crippen LogP contribution in [-0.2, 0) is 39.1 Å². The van der Waals surface area contributed by atoms with E-state index in [4.69, 9.17) is 10.6 Å². The predicted octanol–water partition coefficient (Wildman–Crippen LogP) is 0.716. The van der Waals surface area contributed by atoms with Gasteiger partial charge in [-0.1, -0.05) is 16.5 Å².